The first-order valence-corrected chi connectivity index (χ1v) is 8.77. The predicted octanol–water partition coefficient (Wildman–Crippen LogP) is 7.25. The highest BCUT2D eigenvalue weighted by Gasteiger charge is 2.83. The second-order valence-electron chi connectivity index (χ2n) is 5.66. The van der Waals surface area contributed by atoms with Gasteiger partial charge in [-0.3, -0.25) is 0 Å². The van der Waals surface area contributed by atoms with E-state index in [1.807, 2.05) is 6.92 Å². The SMILES string of the molecule is CCCCCCC(I)C(CC)C(F)(C(F)(F)F)C(F)(F)C(F)(F)F. The van der Waals surface area contributed by atoms with Crippen LogP contribution in [0.4, 0.5) is 39.5 Å². The fourth-order valence-electron chi connectivity index (χ4n) is 2.58. The normalized spacial score (nSPS) is 19.0. The molecule has 0 fully saturated rings. The lowest BCUT2D eigenvalue weighted by Crippen LogP contribution is -2.67. The van der Waals surface area contributed by atoms with E-state index in [-0.39, 0.29) is 6.42 Å². The van der Waals surface area contributed by atoms with Crippen molar-refractivity contribution < 1.29 is 39.5 Å². The Balaban J connectivity index is 5.71. The fraction of sp³-hybridized carbons (Fsp3) is 1.00. The minimum absolute atomic E-state index is 0.0608. The maximum Gasteiger partial charge on any atom is 0.457 e. The van der Waals surface area contributed by atoms with Crippen molar-refractivity contribution in [1.82, 2.24) is 0 Å². The smallest absolute Gasteiger partial charge is 0.226 e. The van der Waals surface area contributed by atoms with Gasteiger partial charge in [-0.15, -0.1) is 0 Å². The highest BCUT2D eigenvalue weighted by Crippen LogP contribution is 2.58. The first-order chi connectivity index (χ1) is 10.7. The predicted molar refractivity (Wildman–Crippen MR) is 81.2 cm³/mol. The van der Waals surface area contributed by atoms with Crippen molar-refractivity contribution >= 4 is 22.6 Å². The molecule has 0 aromatic carbocycles. The van der Waals surface area contributed by atoms with E-state index in [0.29, 0.717) is 12.8 Å². The van der Waals surface area contributed by atoms with E-state index >= 15 is 0 Å². The molecule has 10 heteroatoms. The summed E-state index contributed by atoms with van der Waals surface area (Å²) in [6, 6.07) is 0. The van der Waals surface area contributed by atoms with Gasteiger partial charge in [0.1, 0.15) is 0 Å². The largest absolute Gasteiger partial charge is 0.457 e. The maximum atomic E-state index is 14.5. The number of halogens is 10. The van der Waals surface area contributed by atoms with Gasteiger partial charge in [0.25, 0.3) is 5.67 Å². The van der Waals surface area contributed by atoms with Crippen molar-refractivity contribution in [3.63, 3.8) is 0 Å². The van der Waals surface area contributed by atoms with Crippen molar-refractivity contribution in [2.45, 2.75) is 80.2 Å². The number of alkyl halides is 10. The van der Waals surface area contributed by atoms with Crippen LogP contribution in [0.3, 0.4) is 0 Å². The van der Waals surface area contributed by atoms with Crippen LogP contribution in [-0.4, -0.2) is 27.9 Å². The Kier molecular flexibility index (Phi) is 8.69. The molecule has 0 rings (SSSR count). The number of unbranched alkanes of at least 4 members (excludes halogenated alkanes) is 3. The molecule has 3 atom stereocenters. The zero-order valence-electron chi connectivity index (χ0n) is 13.2. The average Bonchev–Trinajstić information content (AvgIpc) is 2.41. The second kappa shape index (κ2) is 8.66. The summed E-state index contributed by atoms with van der Waals surface area (Å²) in [5.41, 5.74) is -5.66. The van der Waals surface area contributed by atoms with Crippen LogP contribution < -0.4 is 0 Å². The van der Waals surface area contributed by atoms with Crippen molar-refractivity contribution in [2.24, 2.45) is 5.92 Å². The Morgan fingerprint density at radius 2 is 1.25 bits per heavy atom. The summed E-state index contributed by atoms with van der Waals surface area (Å²) in [6.45, 7) is 2.85. The Hall–Kier alpha value is 0.1000. The lowest BCUT2D eigenvalue weighted by atomic mass is 9.77. The van der Waals surface area contributed by atoms with Crippen molar-refractivity contribution in [1.29, 1.82) is 0 Å². The number of rotatable bonds is 9. The zero-order chi connectivity index (χ0) is 19.4. The van der Waals surface area contributed by atoms with E-state index < -0.39 is 40.2 Å². The van der Waals surface area contributed by atoms with E-state index in [4.69, 9.17) is 0 Å². The summed E-state index contributed by atoms with van der Waals surface area (Å²) in [5.74, 6) is -9.03. The minimum Gasteiger partial charge on any atom is -0.226 e. The van der Waals surface area contributed by atoms with Crippen LogP contribution in [0.15, 0.2) is 0 Å². The van der Waals surface area contributed by atoms with Crippen LogP contribution >= 0.6 is 22.6 Å². The number of hydrogen-bond donors (Lipinski definition) is 0. The van der Waals surface area contributed by atoms with E-state index in [2.05, 4.69) is 0 Å². The van der Waals surface area contributed by atoms with Crippen molar-refractivity contribution in [3.8, 4) is 0 Å². The molecule has 0 aromatic heterocycles. The Morgan fingerprint density at radius 3 is 1.58 bits per heavy atom. The average molecular weight is 486 g/mol. The number of hydrogen-bond acceptors (Lipinski definition) is 0. The summed E-state index contributed by atoms with van der Waals surface area (Å²) in [7, 11) is 0. The monoisotopic (exact) mass is 486 g/mol. The minimum atomic E-state index is -6.64. The molecular formula is C14H20F9I. The van der Waals surface area contributed by atoms with Gasteiger partial charge in [0.2, 0.25) is 0 Å². The Morgan fingerprint density at radius 1 is 0.750 bits per heavy atom. The van der Waals surface area contributed by atoms with Gasteiger partial charge < -0.3 is 0 Å². The molecule has 3 unspecified atom stereocenters. The molecule has 0 aliphatic heterocycles. The molecular weight excluding hydrogens is 466 g/mol. The first-order valence-electron chi connectivity index (χ1n) is 7.52. The summed E-state index contributed by atoms with van der Waals surface area (Å²) in [4.78, 5) is 0. The molecule has 0 heterocycles. The highest BCUT2D eigenvalue weighted by atomic mass is 127. The molecule has 0 aliphatic rings. The zero-order valence-corrected chi connectivity index (χ0v) is 15.3. The molecule has 0 amide bonds. The van der Waals surface area contributed by atoms with Gasteiger partial charge in [-0.2, -0.15) is 35.1 Å². The van der Waals surface area contributed by atoms with Crippen molar-refractivity contribution in [2.75, 3.05) is 0 Å². The molecule has 0 saturated carbocycles. The molecule has 0 radical (unpaired) electrons. The van der Waals surface area contributed by atoms with Crippen molar-refractivity contribution in [3.05, 3.63) is 0 Å². The van der Waals surface area contributed by atoms with E-state index in [0.717, 1.165) is 19.8 Å². The van der Waals surface area contributed by atoms with Gasteiger partial charge in [-0.25, -0.2) is 4.39 Å². The summed E-state index contributed by atoms with van der Waals surface area (Å²) < 4.78 is 117. The van der Waals surface area contributed by atoms with E-state index in [9.17, 15) is 39.5 Å². The lowest BCUT2D eigenvalue weighted by molar-refractivity contribution is -0.395. The lowest BCUT2D eigenvalue weighted by Gasteiger charge is -2.42. The van der Waals surface area contributed by atoms with Crippen LogP contribution in [0.5, 0.6) is 0 Å². The van der Waals surface area contributed by atoms with E-state index in [1.54, 1.807) is 0 Å². The Labute approximate surface area is 148 Å². The van der Waals surface area contributed by atoms with E-state index in [1.165, 1.54) is 22.6 Å². The van der Waals surface area contributed by atoms with Crippen LogP contribution in [0, 0.1) is 5.92 Å². The van der Waals surface area contributed by atoms with Gasteiger partial charge in [0.05, 0.1) is 0 Å². The summed E-state index contributed by atoms with van der Waals surface area (Å²) in [6.07, 6.45) is -11.3. The molecule has 0 saturated heterocycles. The van der Waals surface area contributed by atoms with Gasteiger partial charge in [0.15, 0.2) is 0 Å². The molecule has 0 N–H and O–H groups in total. The topological polar surface area (TPSA) is 0 Å². The molecule has 0 bridgehead atoms. The van der Waals surface area contributed by atoms with Crippen LogP contribution in [0.2, 0.25) is 0 Å². The standard InChI is InChI=1S/C14H20F9I/c1-3-5-6-7-8-10(24)9(4-2)11(15,13(18,19)20)12(16,17)14(21,22)23/h9-10H,3-8H2,1-2H3. The van der Waals surface area contributed by atoms with Crippen LogP contribution in [0.1, 0.15) is 52.4 Å². The van der Waals surface area contributed by atoms with Crippen LogP contribution in [0.25, 0.3) is 0 Å². The highest BCUT2D eigenvalue weighted by molar-refractivity contribution is 14.1. The van der Waals surface area contributed by atoms with Crippen LogP contribution in [-0.2, 0) is 0 Å². The summed E-state index contributed by atoms with van der Waals surface area (Å²) >= 11 is 1.35. The van der Waals surface area contributed by atoms with Gasteiger partial charge >= 0.3 is 18.3 Å². The Bertz CT molecular complexity index is 377. The third-order valence-corrected chi connectivity index (χ3v) is 5.44. The third-order valence-electron chi connectivity index (χ3n) is 3.95. The molecule has 0 aliphatic carbocycles. The second-order valence-corrected chi connectivity index (χ2v) is 7.26. The molecule has 24 heavy (non-hydrogen) atoms. The molecule has 146 valence electrons. The van der Waals surface area contributed by atoms with Gasteiger partial charge in [-0.1, -0.05) is 62.1 Å². The van der Waals surface area contributed by atoms with Gasteiger partial charge in [-0.05, 0) is 12.8 Å². The molecule has 0 spiro atoms. The first kappa shape index (κ1) is 24.1. The third kappa shape index (κ3) is 4.84. The quantitative estimate of drug-likeness (QED) is 0.139. The molecule has 0 nitrogen and oxygen atoms in total. The summed E-state index contributed by atoms with van der Waals surface area (Å²) in [5, 5.41) is 0. The molecule has 0 aromatic rings. The maximum absolute atomic E-state index is 14.5. The fourth-order valence-corrected chi connectivity index (χ4v) is 4.03. The van der Waals surface area contributed by atoms with Gasteiger partial charge in [0, 0.05) is 9.84 Å².